The van der Waals surface area contributed by atoms with Crippen LogP contribution in [0.4, 0.5) is 15.8 Å². The van der Waals surface area contributed by atoms with Crippen LogP contribution in [-0.2, 0) is 5.41 Å². The van der Waals surface area contributed by atoms with E-state index in [-0.39, 0.29) is 34.1 Å². The Morgan fingerprint density at radius 1 is 1.19 bits per heavy atom. The van der Waals surface area contributed by atoms with Crippen molar-refractivity contribution >= 4 is 17.3 Å². The molecule has 0 heterocycles. The number of nitrogens with zero attached hydrogens (tertiary/aromatic N) is 1. The summed E-state index contributed by atoms with van der Waals surface area (Å²) in [5.41, 5.74) is 6.26. The zero-order valence-electron chi connectivity index (χ0n) is 14.2. The van der Waals surface area contributed by atoms with Crippen LogP contribution in [0.5, 0.6) is 0 Å². The van der Waals surface area contributed by atoms with Crippen molar-refractivity contribution in [2.24, 2.45) is 0 Å². The van der Waals surface area contributed by atoms with Gasteiger partial charge in [0.15, 0.2) is 0 Å². The highest BCUT2D eigenvalue weighted by Crippen LogP contribution is 2.40. The Hall–Kier alpha value is -2.96. The third-order valence-corrected chi connectivity index (χ3v) is 5.09. The monoisotopic (exact) mass is 357 g/mol. The molecule has 2 aromatic carbocycles. The van der Waals surface area contributed by atoms with Crippen molar-refractivity contribution in [3.63, 3.8) is 0 Å². The van der Waals surface area contributed by atoms with Gasteiger partial charge in [0.05, 0.1) is 4.92 Å². The highest BCUT2D eigenvalue weighted by molar-refractivity contribution is 5.95. The van der Waals surface area contributed by atoms with Crippen LogP contribution >= 0.6 is 0 Å². The molecule has 1 aliphatic rings. The Morgan fingerprint density at radius 3 is 2.46 bits per heavy atom. The molecule has 7 heteroatoms. The number of rotatable bonds is 5. The molecule has 0 spiro atoms. The fourth-order valence-electron chi connectivity index (χ4n) is 3.62. The first-order chi connectivity index (χ1) is 12.4. The molecule has 6 nitrogen and oxygen atoms in total. The molecule has 1 fully saturated rings. The van der Waals surface area contributed by atoms with Gasteiger partial charge in [-0.2, -0.15) is 0 Å². The maximum atomic E-state index is 13.2. The summed E-state index contributed by atoms with van der Waals surface area (Å²) in [4.78, 5) is 22.9. The van der Waals surface area contributed by atoms with E-state index in [2.05, 4.69) is 5.32 Å². The summed E-state index contributed by atoms with van der Waals surface area (Å²) >= 11 is 0. The van der Waals surface area contributed by atoms with Gasteiger partial charge in [0.25, 0.3) is 11.6 Å². The van der Waals surface area contributed by atoms with Gasteiger partial charge in [0.1, 0.15) is 11.5 Å². The second kappa shape index (κ2) is 7.11. The lowest BCUT2D eigenvalue weighted by Gasteiger charge is -2.30. The van der Waals surface area contributed by atoms with E-state index in [1.807, 2.05) is 0 Å². The molecule has 136 valence electrons. The molecule has 3 rings (SSSR count). The quantitative estimate of drug-likeness (QED) is 0.485. The van der Waals surface area contributed by atoms with Crippen LogP contribution in [0.2, 0.25) is 0 Å². The summed E-state index contributed by atoms with van der Waals surface area (Å²) in [6.45, 7) is 0.398. The third kappa shape index (κ3) is 3.51. The van der Waals surface area contributed by atoms with Gasteiger partial charge < -0.3 is 11.1 Å². The Labute approximate surface area is 150 Å². The van der Waals surface area contributed by atoms with E-state index in [0.717, 1.165) is 31.2 Å². The first kappa shape index (κ1) is 17.8. The minimum atomic E-state index is -0.608. The second-order valence-corrected chi connectivity index (χ2v) is 6.71. The topological polar surface area (TPSA) is 98.3 Å². The van der Waals surface area contributed by atoms with Crippen LogP contribution in [0.3, 0.4) is 0 Å². The third-order valence-electron chi connectivity index (χ3n) is 5.09. The van der Waals surface area contributed by atoms with Gasteiger partial charge in [-0.25, -0.2) is 4.39 Å². The van der Waals surface area contributed by atoms with Crippen molar-refractivity contribution in [3.8, 4) is 0 Å². The summed E-state index contributed by atoms with van der Waals surface area (Å²) in [5, 5.41) is 13.9. The van der Waals surface area contributed by atoms with Crippen molar-refractivity contribution in [2.75, 3.05) is 12.3 Å². The van der Waals surface area contributed by atoms with E-state index in [1.54, 1.807) is 12.1 Å². The minimum absolute atomic E-state index is 0.0186. The summed E-state index contributed by atoms with van der Waals surface area (Å²) in [6.07, 6.45) is 3.89. The Bertz CT molecular complexity index is 830. The number of nitrogens with one attached hydrogen (secondary N) is 1. The molecule has 0 aliphatic heterocycles. The predicted molar refractivity (Wildman–Crippen MR) is 96.4 cm³/mol. The van der Waals surface area contributed by atoms with Crippen LogP contribution in [0.1, 0.15) is 41.6 Å². The Morgan fingerprint density at radius 2 is 1.85 bits per heavy atom. The highest BCUT2D eigenvalue weighted by atomic mass is 19.1. The maximum Gasteiger partial charge on any atom is 0.292 e. The zero-order valence-corrected chi connectivity index (χ0v) is 14.2. The maximum absolute atomic E-state index is 13.2. The molecular formula is C19H20FN3O3. The lowest BCUT2D eigenvalue weighted by atomic mass is 9.78. The molecule has 26 heavy (non-hydrogen) atoms. The smallest absolute Gasteiger partial charge is 0.292 e. The molecule has 1 aliphatic carbocycles. The molecule has 2 aromatic rings. The number of benzene rings is 2. The molecular weight excluding hydrogens is 337 g/mol. The number of nitrogens with two attached hydrogens (primary N) is 1. The van der Waals surface area contributed by atoms with Gasteiger partial charge >= 0.3 is 0 Å². The molecule has 0 aromatic heterocycles. The average molecular weight is 357 g/mol. The van der Waals surface area contributed by atoms with E-state index in [9.17, 15) is 19.3 Å². The minimum Gasteiger partial charge on any atom is -0.393 e. The molecule has 3 N–H and O–H groups in total. The SMILES string of the molecule is Nc1ccc(C(=O)NCC2(c3ccc(F)cc3)CCCC2)cc1[N+](=O)[O-]. The Kier molecular flexibility index (Phi) is 4.88. The van der Waals surface area contributed by atoms with Gasteiger partial charge in [-0.15, -0.1) is 0 Å². The number of nitro groups is 1. The number of amides is 1. The number of nitro benzene ring substituents is 1. The molecule has 0 bridgehead atoms. The number of halogens is 1. The summed E-state index contributed by atoms with van der Waals surface area (Å²) in [7, 11) is 0. The van der Waals surface area contributed by atoms with Crippen molar-refractivity contribution < 1.29 is 14.1 Å². The predicted octanol–water partition coefficient (Wildman–Crippen LogP) is 3.56. The lowest BCUT2D eigenvalue weighted by molar-refractivity contribution is -0.383. The summed E-state index contributed by atoms with van der Waals surface area (Å²) < 4.78 is 13.2. The molecule has 1 amide bonds. The van der Waals surface area contributed by atoms with Crippen LogP contribution < -0.4 is 11.1 Å². The van der Waals surface area contributed by atoms with Crippen LogP contribution in [0.15, 0.2) is 42.5 Å². The van der Waals surface area contributed by atoms with Gasteiger partial charge in [0.2, 0.25) is 0 Å². The van der Waals surface area contributed by atoms with Crippen molar-refractivity contribution in [1.82, 2.24) is 5.32 Å². The zero-order chi connectivity index (χ0) is 18.7. The van der Waals surface area contributed by atoms with Crippen molar-refractivity contribution in [3.05, 3.63) is 69.5 Å². The van der Waals surface area contributed by atoms with Crippen molar-refractivity contribution in [1.29, 1.82) is 0 Å². The fraction of sp³-hybridized carbons (Fsp3) is 0.316. The average Bonchev–Trinajstić information content (AvgIpc) is 3.10. The normalized spacial score (nSPS) is 15.6. The number of anilines is 1. The molecule has 1 saturated carbocycles. The largest absolute Gasteiger partial charge is 0.393 e. The number of carbonyl (C=O) groups is 1. The van der Waals surface area contributed by atoms with Gasteiger partial charge in [-0.3, -0.25) is 14.9 Å². The molecule has 0 unspecified atom stereocenters. The van der Waals surface area contributed by atoms with E-state index < -0.39 is 4.92 Å². The Balaban J connectivity index is 1.78. The van der Waals surface area contributed by atoms with Gasteiger partial charge in [-0.1, -0.05) is 25.0 Å². The van der Waals surface area contributed by atoms with E-state index in [0.29, 0.717) is 6.54 Å². The molecule has 0 saturated heterocycles. The van der Waals surface area contributed by atoms with Crippen LogP contribution in [0.25, 0.3) is 0 Å². The van der Waals surface area contributed by atoms with Gasteiger partial charge in [-0.05, 0) is 42.7 Å². The summed E-state index contributed by atoms with van der Waals surface area (Å²) in [5.74, 6) is -0.679. The van der Waals surface area contributed by atoms with E-state index in [1.165, 1.54) is 30.3 Å². The number of hydrogen-bond donors (Lipinski definition) is 2. The summed E-state index contributed by atoms with van der Waals surface area (Å²) in [6, 6.07) is 10.4. The van der Waals surface area contributed by atoms with E-state index in [4.69, 9.17) is 5.73 Å². The number of carbonyl (C=O) groups excluding carboxylic acids is 1. The van der Waals surface area contributed by atoms with Gasteiger partial charge in [0, 0.05) is 23.6 Å². The standard InChI is InChI=1S/C19H20FN3O3/c20-15-6-4-14(5-7-15)19(9-1-2-10-19)12-22-18(24)13-3-8-16(21)17(11-13)23(25)26/h3-8,11H,1-2,9-10,12,21H2,(H,22,24). The highest BCUT2D eigenvalue weighted by Gasteiger charge is 2.36. The van der Waals surface area contributed by atoms with E-state index >= 15 is 0 Å². The molecule has 0 radical (unpaired) electrons. The first-order valence-corrected chi connectivity index (χ1v) is 8.49. The molecule has 0 atom stereocenters. The van der Waals surface area contributed by atoms with Crippen LogP contribution in [0, 0.1) is 15.9 Å². The second-order valence-electron chi connectivity index (χ2n) is 6.71. The first-order valence-electron chi connectivity index (χ1n) is 8.49. The number of nitrogen functional groups attached to an aromatic ring is 1. The number of hydrogen-bond acceptors (Lipinski definition) is 4. The lowest BCUT2D eigenvalue weighted by Crippen LogP contribution is -2.39. The van der Waals surface area contributed by atoms with Crippen LogP contribution in [-0.4, -0.2) is 17.4 Å². The van der Waals surface area contributed by atoms with Crippen molar-refractivity contribution in [2.45, 2.75) is 31.1 Å². The fourth-order valence-corrected chi connectivity index (χ4v) is 3.62.